The highest BCUT2D eigenvalue weighted by Crippen LogP contribution is 2.04. The molecule has 0 spiro atoms. The third-order valence-electron chi connectivity index (χ3n) is 0.744. The van der Waals surface area contributed by atoms with Crippen molar-refractivity contribution < 1.29 is 4.52 Å². The average molecular weight is 120 g/mol. The summed E-state index contributed by atoms with van der Waals surface area (Å²) in [5.74, 6) is 0. The molecule has 0 fully saturated rings. The SMILES string of the molecule is CCCCOPC. The molecule has 1 unspecified atom stereocenters. The van der Waals surface area contributed by atoms with Gasteiger partial charge in [0.05, 0.1) is 6.61 Å². The van der Waals surface area contributed by atoms with Gasteiger partial charge in [-0.25, -0.2) is 0 Å². The van der Waals surface area contributed by atoms with Crippen molar-refractivity contribution in [2.24, 2.45) is 0 Å². The minimum Gasteiger partial charge on any atom is -0.363 e. The maximum absolute atomic E-state index is 5.10. The van der Waals surface area contributed by atoms with E-state index in [1.54, 1.807) is 0 Å². The van der Waals surface area contributed by atoms with Gasteiger partial charge >= 0.3 is 0 Å². The Balaban J connectivity index is 2.45. The molecular formula is C5H13OP. The molecule has 1 nitrogen and oxygen atoms in total. The van der Waals surface area contributed by atoms with Crippen LogP contribution in [0.1, 0.15) is 19.8 Å². The van der Waals surface area contributed by atoms with Crippen LogP contribution in [0.2, 0.25) is 0 Å². The summed E-state index contributed by atoms with van der Waals surface area (Å²) in [6.45, 7) is 5.17. The summed E-state index contributed by atoms with van der Waals surface area (Å²) in [5, 5.41) is 0. The highest BCUT2D eigenvalue weighted by Gasteiger charge is 1.78. The molecule has 1 atom stereocenters. The zero-order valence-corrected chi connectivity index (χ0v) is 6.03. The fourth-order valence-electron chi connectivity index (χ4n) is 0.319. The second kappa shape index (κ2) is 6.39. The first-order chi connectivity index (χ1) is 3.41. The van der Waals surface area contributed by atoms with E-state index in [-0.39, 0.29) is 0 Å². The largest absolute Gasteiger partial charge is 0.363 e. The zero-order valence-electron chi connectivity index (χ0n) is 5.03. The van der Waals surface area contributed by atoms with Gasteiger partial charge in [-0.05, 0) is 13.1 Å². The van der Waals surface area contributed by atoms with Gasteiger partial charge in [0, 0.05) is 8.81 Å². The molecule has 0 aliphatic heterocycles. The molecule has 0 aromatic rings. The van der Waals surface area contributed by atoms with E-state index in [9.17, 15) is 0 Å². The second-order valence-corrected chi connectivity index (χ2v) is 2.10. The number of hydrogen-bond donors (Lipinski definition) is 0. The smallest absolute Gasteiger partial charge is 0.0505 e. The summed E-state index contributed by atoms with van der Waals surface area (Å²) in [5.41, 5.74) is 0. The summed E-state index contributed by atoms with van der Waals surface area (Å²) < 4.78 is 5.10. The molecule has 7 heavy (non-hydrogen) atoms. The molecule has 0 aromatic heterocycles. The molecule has 0 aliphatic rings. The first kappa shape index (κ1) is 7.39. The number of hydrogen-bond acceptors (Lipinski definition) is 1. The van der Waals surface area contributed by atoms with Crippen LogP contribution in [-0.4, -0.2) is 13.3 Å². The lowest BCUT2D eigenvalue weighted by Crippen LogP contribution is -1.80. The van der Waals surface area contributed by atoms with Crippen LogP contribution < -0.4 is 0 Å². The lowest BCUT2D eigenvalue weighted by atomic mass is 10.4. The quantitative estimate of drug-likeness (QED) is 0.407. The molecule has 44 valence electrons. The molecule has 0 aromatic carbocycles. The molecule has 0 saturated heterocycles. The van der Waals surface area contributed by atoms with E-state index < -0.39 is 0 Å². The standard InChI is InChI=1S/C5H13OP/c1-3-4-5-6-7-2/h7H,3-5H2,1-2H3. The average Bonchev–Trinajstić information content (AvgIpc) is 1.69. The summed E-state index contributed by atoms with van der Waals surface area (Å²) >= 11 is 0. The van der Waals surface area contributed by atoms with Gasteiger partial charge in [-0.15, -0.1) is 0 Å². The van der Waals surface area contributed by atoms with Crippen molar-refractivity contribution in [3.05, 3.63) is 0 Å². The van der Waals surface area contributed by atoms with Crippen molar-refractivity contribution in [2.75, 3.05) is 13.3 Å². The Morgan fingerprint density at radius 3 is 2.71 bits per heavy atom. The minimum absolute atomic E-state index is 0.668. The predicted octanol–water partition coefficient (Wildman–Crippen LogP) is 2.03. The fourth-order valence-corrected chi connectivity index (χ4v) is 0.667. The molecule has 0 saturated carbocycles. The van der Waals surface area contributed by atoms with E-state index in [2.05, 4.69) is 13.6 Å². The summed E-state index contributed by atoms with van der Waals surface area (Å²) in [6.07, 6.45) is 2.45. The molecule has 2 heteroatoms. The van der Waals surface area contributed by atoms with Crippen molar-refractivity contribution in [1.29, 1.82) is 0 Å². The van der Waals surface area contributed by atoms with Crippen molar-refractivity contribution in [1.82, 2.24) is 0 Å². The van der Waals surface area contributed by atoms with Gasteiger partial charge in [0.15, 0.2) is 0 Å². The molecule has 0 heterocycles. The molecule has 0 rings (SSSR count). The van der Waals surface area contributed by atoms with Gasteiger partial charge in [-0.3, -0.25) is 0 Å². The second-order valence-electron chi connectivity index (χ2n) is 1.41. The van der Waals surface area contributed by atoms with Crippen LogP contribution in [0.15, 0.2) is 0 Å². The van der Waals surface area contributed by atoms with Gasteiger partial charge in [-0.2, -0.15) is 0 Å². The third-order valence-corrected chi connectivity index (χ3v) is 1.24. The van der Waals surface area contributed by atoms with Crippen molar-refractivity contribution in [3.63, 3.8) is 0 Å². The Bertz CT molecular complexity index is 27.3. The predicted molar refractivity (Wildman–Crippen MR) is 35.1 cm³/mol. The molecule has 0 amide bonds. The maximum atomic E-state index is 5.10. The van der Waals surface area contributed by atoms with Gasteiger partial charge < -0.3 is 4.52 Å². The van der Waals surface area contributed by atoms with E-state index in [0.29, 0.717) is 8.81 Å². The van der Waals surface area contributed by atoms with Gasteiger partial charge in [-0.1, -0.05) is 13.3 Å². The van der Waals surface area contributed by atoms with E-state index in [1.165, 1.54) is 12.8 Å². The Hall–Kier alpha value is 0.390. The topological polar surface area (TPSA) is 9.23 Å². The highest BCUT2D eigenvalue weighted by atomic mass is 31.1. The van der Waals surface area contributed by atoms with Crippen LogP contribution >= 0.6 is 8.81 Å². The molecule has 0 bridgehead atoms. The Kier molecular flexibility index (Phi) is 6.75. The molecule has 0 N–H and O–H groups in total. The molecular weight excluding hydrogens is 107 g/mol. The van der Waals surface area contributed by atoms with Crippen molar-refractivity contribution >= 4 is 8.81 Å². The first-order valence-corrected chi connectivity index (χ1v) is 4.11. The summed E-state index contributed by atoms with van der Waals surface area (Å²) in [4.78, 5) is 0. The van der Waals surface area contributed by atoms with Crippen LogP contribution in [0, 0.1) is 0 Å². The van der Waals surface area contributed by atoms with E-state index in [0.717, 1.165) is 6.61 Å². The van der Waals surface area contributed by atoms with Crippen LogP contribution in [0.5, 0.6) is 0 Å². The first-order valence-electron chi connectivity index (χ1n) is 2.70. The monoisotopic (exact) mass is 120 g/mol. The van der Waals surface area contributed by atoms with Gasteiger partial charge in [0.1, 0.15) is 0 Å². The van der Waals surface area contributed by atoms with E-state index in [4.69, 9.17) is 4.52 Å². The van der Waals surface area contributed by atoms with Crippen molar-refractivity contribution in [3.8, 4) is 0 Å². The van der Waals surface area contributed by atoms with E-state index >= 15 is 0 Å². The van der Waals surface area contributed by atoms with Gasteiger partial charge in [0.2, 0.25) is 0 Å². The zero-order chi connectivity index (χ0) is 5.54. The third kappa shape index (κ3) is 6.39. The molecule has 0 radical (unpaired) electrons. The minimum atomic E-state index is 0.668. The number of rotatable bonds is 4. The summed E-state index contributed by atoms with van der Waals surface area (Å²) in [7, 11) is 0.668. The van der Waals surface area contributed by atoms with Crippen LogP contribution in [-0.2, 0) is 4.52 Å². The van der Waals surface area contributed by atoms with Crippen molar-refractivity contribution in [2.45, 2.75) is 19.8 Å². The normalized spacial score (nSPS) is 11.1. The maximum Gasteiger partial charge on any atom is 0.0505 e. The summed E-state index contributed by atoms with van der Waals surface area (Å²) in [6, 6.07) is 0. The lowest BCUT2D eigenvalue weighted by Gasteiger charge is -1.94. The van der Waals surface area contributed by atoms with Gasteiger partial charge in [0.25, 0.3) is 0 Å². The highest BCUT2D eigenvalue weighted by molar-refractivity contribution is 7.31. The molecule has 0 aliphatic carbocycles. The number of unbranched alkanes of at least 4 members (excludes halogenated alkanes) is 1. The van der Waals surface area contributed by atoms with E-state index in [1.807, 2.05) is 0 Å². The Morgan fingerprint density at radius 2 is 2.29 bits per heavy atom. The fraction of sp³-hybridized carbons (Fsp3) is 1.00. The van der Waals surface area contributed by atoms with Crippen LogP contribution in [0.25, 0.3) is 0 Å². The van der Waals surface area contributed by atoms with Crippen LogP contribution in [0.3, 0.4) is 0 Å². The van der Waals surface area contributed by atoms with Crippen LogP contribution in [0.4, 0.5) is 0 Å². The Morgan fingerprint density at radius 1 is 1.57 bits per heavy atom. The lowest BCUT2D eigenvalue weighted by molar-refractivity contribution is 0.354. The Labute approximate surface area is 47.3 Å².